The third-order valence-electron chi connectivity index (χ3n) is 3.68. The molecule has 0 aliphatic carbocycles. The Labute approximate surface area is 142 Å². The van der Waals surface area contributed by atoms with Gasteiger partial charge in [0.25, 0.3) is 0 Å². The standard InChI is InChI=1S/C20H34O2.H2O/c1-2-3-4-5-6-7-8-9-10-11-12-13-14-15-16-17-18-19-20(21)22;/h14-19H,2-13H2,1H3,(H,21,22);1H2. The molecule has 0 fully saturated rings. The minimum absolute atomic E-state index is 0. The first-order valence-corrected chi connectivity index (χ1v) is 9.00. The number of carboxylic acid groups (broad SMARTS) is 1. The van der Waals surface area contributed by atoms with Gasteiger partial charge >= 0.3 is 5.97 Å². The highest BCUT2D eigenvalue weighted by Crippen LogP contribution is 2.11. The van der Waals surface area contributed by atoms with Crippen LogP contribution in [0.25, 0.3) is 0 Å². The second-order valence-corrected chi connectivity index (χ2v) is 5.83. The Morgan fingerprint density at radius 1 is 0.739 bits per heavy atom. The van der Waals surface area contributed by atoms with Crippen molar-refractivity contribution in [3.63, 3.8) is 0 Å². The van der Waals surface area contributed by atoms with E-state index in [1.165, 1.54) is 76.7 Å². The Hall–Kier alpha value is -1.35. The minimum Gasteiger partial charge on any atom is -0.478 e. The molecule has 3 nitrogen and oxygen atoms in total. The lowest BCUT2D eigenvalue weighted by Gasteiger charge is -2.01. The normalized spacial score (nSPS) is 11.5. The maximum absolute atomic E-state index is 10.2. The second-order valence-electron chi connectivity index (χ2n) is 5.83. The maximum atomic E-state index is 10.2. The molecule has 0 aromatic heterocycles. The van der Waals surface area contributed by atoms with Gasteiger partial charge in [0.05, 0.1) is 0 Å². The third kappa shape index (κ3) is 23.1. The zero-order valence-electron chi connectivity index (χ0n) is 14.8. The van der Waals surface area contributed by atoms with Gasteiger partial charge < -0.3 is 10.6 Å². The van der Waals surface area contributed by atoms with Gasteiger partial charge in [0.15, 0.2) is 0 Å². The van der Waals surface area contributed by atoms with Crippen LogP contribution in [0.3, 0.4) is 0 Å². The molecule has 0 aliphatic heterocycles. The quantitative estimate of drug-likeness (QED) is 0.241. The van der Waals surface area contributed by atoms with Crippen LogP contribution < -0.4 is 0 Å². The molecular weight excluding hydrogens is 288 g/mol. The van der Waals surface area contributed by atoms with Crippen LogP contribution in [0, 0.1) is 0 Å². The number of carboxylic acids is 1. The van der Waals surface area contributed by atoms with Crippen LogP contribution in [0.15, 0.2) is 36.5 Å². The van der Waals surface area contributed by atoms with Crippen LogP contribution in [-0.2, 0) is 4.79 Å². The highest BCUT2D eigenvalue weighted by atomic mass is 16.4. The van der Waals surface area contributed by atoms with E-state index in [0.29, 0.717) is 0 Å². The molecule has 0 rings (SSSR count). The van der Waals surface area contributed by atoms with Crippen LogP contribution in [0.4, 0.5) is 0 Å². The fraction of sp³-hybridized carbons (Fsp3) is 0.650. The molecular formula is C20H36O3. The van der Waals surface area contributed by atoms with Crippen LogP contribution in [0.2, 0.25) is 0 Å². The van der Waals surface area contributed by atoms with Crippen molar-refractivity contribution in [2.75, 3.05) is 0 Å². The maximum Gasteiger partial charge on any atom is 0.328 e. The topological polar surface area (TPSA) is 68.8 Å². The molecule has 0 unspecified atom stereocenters. The van der Waals surface area contributed by atoms with Gasteiger partial charge in [0.1, 0.15) is 0 Å². The molecule has 0 saturated carbocycles. The summed E-state index contributed by atoms with van der Waals surface area (Å²) < 4.78 is 0. The summed E-state index contributed by atoms with van der Waals surface area (Å²) in [5.41, 5.74) is 0. The monoisotopic (exact) mass is 324 g/mol. The van der Waals surface area contributed by atoms with E-state index in [2.05, 4.69) is 13.0 Å². The van der Waals surface area contributed by atoms with Gasteiger partial charge in [-0.25, -0.2) is 4.79 Å². The van der Waals surface area contributed by atoms with E-state index in [1.807, 2.05) is 12.2 Å². The van der Waals surface area contributed by atoms with Crippen molar-refractivity contribution in [3.05, 3.63) is 36.5 Å². The van der Waals surface area contributed by atoms with Crippen molar-refractivity contribution in [3.8, 4) is 0 Å². The summed E-state index contributed by atoms with van der Waals surface area (Å²) in [6, 6.07) is 0. The molecule has 0 amide bonds. The lowest BCUT2D eigenvalue weighted by molar-refractivity contribution is -0.131. The van der Waals surface area contributed by atoms with Gasteiger partial charge in [0.2, 0.25) is 0 Å². The van der Waals surface area contributed by atoms with Crippen molar-refractivity contribution in [2.24, 2.45) is 0 Å². The lowest BCUT2D eigenvalue weighted by Crippen LogP contribution is -1.84. The summed E-state index contributed by atoms with van der Waals surface area (Å²) in [5.74, 6) is -0.908. The Kier molecular flexibility index (Phi) is 21.5. The molecule has 0 bridgehead atoms. The summed E-state index contributed by atoms with van der Waals surface area (Å²) >= 11 is 0. The molecule has 0 radical (unpaired) electrons. The number of carbonyl (C=O) groups is 1. The molecule has 0 spiro atoms. The van der Waals surface area contributed by atoms with Crippen molar-refractivity contribution in [2.45, 2.75) is 84.0 Å². The number of unbranched alkanes of at least 4 members (excludes halogenated alkanes) is 11. The predicted molar refractivity (Wildman–Crippen MR) is 99.7 cm³/mol. The largest absolute Gasteiger partial charge is 0.478 e. The predicted octanol–water partition coefficient (Wildman–Crippen LogP) is 5.62. The molecule has 0 aromatic carbocycles. The summed E-state index contributed by atoms with van der Waals surface area (Å²) in [4.78, 5) is 10.2. The van der Waals surface area contributed by atoms with E-state index in [-0.39, 0.29) is 5.48 Å². The second kappa shape index (κ2) is 20.6. The Morgan fingerprint density at radius 2 is 1.22 bits per heavy atom. The van der Waals surface area contributed by atoms with Gasteiger partial charge in [-0.15, -0.1) is 0 Å². The van der Waals surface area contributed by atoms with Crippen LogP contribution in [-0.4, -0.2) is 16.6 Å². The molecule has 23 heavy (non-hydrogen) atoms. The molecule has 3 N–H and O–H groups in total. The fourth-order valence-corrected chi connectivity index (χ4v) is 2.37. The first-order valence-electron chi connectivity index (χ1n) is 9.00. The molecule has 0 aliphatic rings. The summed E-state index contributed by atoms with van der Waals surface area (Å²) in [5, 5.41) is 8.40. The van der Waals surface area contributed by atoms with E-state index in [4.69, 9.17) is 5.11 Å². The lowest BCUT2D eigenvalue weighted by atomic mass is 10.1. The van der Waals surface area contributed by atoms with Crippen molar-refractivity contribution < 1.29 is 15.4 Å². The average molecular weight is 325 g/mol. The van der Waals surface area contributed by atoms with E-state index >= 15 is 0 Å². The fourth-order valence-electron chi connectivity index (χ4n) is 2.37. The number of allylic oxidation sites excluding steroid dienone is 5. The van der Waals surface area contributed by atoms with Crippen molar-refractivity contribution in [1.82, 2.24) is 0 Å². The Balaban J connectivity index is 0. The number of aliphatic carboxylic acids is 1. The summed E-state index contributed by atoms with van der Waals surface area (Å²) in [6.07, 6.45) is 26.7. The average Bonchev–Trinajstić information content (AvgIpc) is 2.50. The van der Waals surface area contributed by atoms with E-state index in [0.717, 1.165) is 12.5 Å². The van der Waals surface area contributed by atoms with Gasteiger partial charge in [-0.1, -0.05) is 102 Å². The van der Waals surface area contributed by atoms with Crippen LogP contribution in [0.1, 0.15) is 84.0 Å². The van der Waals surface area contributed by atoms with Gasteiger partial charge in [-0.3, -0.25) is 0 Å². The zero-order chi connectivity index (χ0) is 16.3. The summed E-state index contributed by atoms with van der Waals surface area (Å²) in [7, 11) is 0. The summed E-state index contributed by atoms with van der Waals surface area (Å²) in [6.45, 7) is 2.27. The van der Waals surface area contributed by atoms with Gasteiger partial charge in [-0.05, 0) is 12.8 Å². The Bertz CT molecular complexity index is 330. The minimum atomic E-state index is -0.908. The third-order valence-corrected chi connectivity index (χ3v) is 3.68. The molecule has 0 atom stereocenters. The number of hydrogen-bond donors (Lipinski definition) is 1. The first kappa shape index (κ1) is 23.9. The van der Waals surface area contributed by atoms with Gasteiger partial charge in [0, 0.05) is 6.08 Å². The Morgan fingerprint density at radius 3 is 1.74 bits per heavy atom. The molecule has 0 aromatic rings. The van der Waals surface area contributed by atoms with Gasteiger partial charge in [-0.2, -0.15) is 0 Å². The van der Waals surface area contributed by atoms with E-state index in [9.17, 15) is 4.79 Å². The smallest absolute Gasteiger partial charge is 0.328 e. The van der Waals surface area contributed by atoms with E-state index in [1.54, 1.807) is 6.08 Å². The SMILES string of the molecule is CCCCCCCCCCCCCC=CC=CC=CC(=O)O.O. The molecule has 0 saturated heterocycles. The van der Waals surface area contributed by atoms with Crippen LogP contribution in [0.5, 0.6) is 0 Å². The molecule has 3 heteroatoms. The number of rotatable bonds is 15. The molecule has 0 heterocycles. The highest BCUT2D eigenvalue weighted by molar-refractivity contribution is 5.80. The highest BCUT2D eigenvalue weighted by Gasteiger charge is 1.92. The first-order chi connectivity index (χ1) is 10.8. The van der Waals surface area contributed by atoms with Crippen molar-refractivity contribution in [1.29, 1.82) is 0 Å². The zero-order valence-corrected chi connectivity index (χ0v) is 14.8. The van der Waals surface area contributed by atoms with E-state index < -0.39 is 5.97 Å². The van der Waals surface area contributed by atoms with Crippen molar-refractivity contribution >= 4 is 5.97 Å². The van der Waals surface area contributed by atoms with Crippen LogP contribution >= 0.6 is 0 Å². The number of hydrogen-bond acceptors (Lipinski definition) is 1. The molecule has 134 valence electrons.